The molecule has 44 heavy (non-hydrogen) atoms. The van der Waals surface area contributed by atoms with Crippen LogP contribution in [0.1, 0.15) is 44.0 Å². The van der Waals surface area contributed by atoms with Gasteiger partial charge in [0.25, 0.3) is 6.43 Å². The molecule has 0 unspecified atom stereocenters. The molecule has 3 aromatic rings. The van der Waals surface area contributed by atoms with Gasteiger partial charge in [-0.05, 0) is 38.0 Å². The minimum Gasteiger partial charge on any atom is -0.480 e. The summed E-state index contributed by atoms with van der Waals surface area (Å²) in [5.41, 5.74) is 1.47. The van der Waals surface area contributed by atoms with Gasteiger partial charge in [-0.3, -0.25) is 0 Å². The summed E-state index contributed by atoms with van der Waals surface area (Å²) < 4.78 is 45.6. The fourth-order valence-electron chi connectivity index (χ4n) is 5.81. The average Bonchev–Trinajstić information content (AvgIpc) is 3.46. The number of pyridine rings is 1. The van der Waals surface area contributed by atoms with E-state index in [0.29, 0.717) is 43.9 Å². The summed E-state index contributed by atoms with van der Waals surface area (Å²) in [4.78, 5) is 35.6. The number of morpholine rings is 1. The number of H-pyrrole nitrogens is 1. The van der Waals surface area contributed by atoms with Crippen LogP contribution in [0.2, 0.25) is 0 Å². The zero-order valence-corrected chi connectivity index (χ0v) is 23.9. The topological polar surface area (TPSA) is 139 Å². The van der Waals surface area contributed by atoms with Gasteiger partial charge < -0.3 is 34.1 Å². The fraction of sp³-hybridized carbons (Fsp3) is 0.500. The zero-order chi connectivity index (χ0) is 30.4. The Bertz CT molecular complexity index is 1600. The molecule has 6 heterocycles. The number of anilines is 2. The molecule has 0 amide bonds. The Hall–Kier alpha value is -4.35. The standard InChI is InChI=1S/C30H31F2N7O5/c1-17-30(15-42-16-30)43-10-9-38(17)22-11-19(7-6-18-4-5-18)13-34-27(22)44-20-12-23(28(40)41)39(14-20)29-36-25(21-3-2-8-33-21)35-26(37-29)24(31)32/h2-3,8,11,13,17-18,20,23-24,33H,4-5,9-10,12,14-16H2,1H3,(H,40,41)/t17-,20-,23-/m0/s1. The van der Waals surface area contributed by atoms with Gasteiger partial charge in [0.05, 0.1) is 38.1 Å². The van der Waals surface area contributed by atoms with Gasteiger partial charge in [-0.15, -0.1) is 0 Å². The molecule has 230 valence electrons. The maximum atomic E-state index is 13.8. The number of carboxylic acids is 1. The van der Waals surface area contributed by atoms with Crippen LogP contribution in [0.25, 0.3) is 11.5 Å². The van der Waals surface area contributed by atoms with Crippen molar-refractivity contribution in [3.8, 4) is 29.2 Å². The number of nitrogens with zero attached hydrogens (tertiary/aromatic N) is 6. The Labute approximate surface area is 251 Å². The van der Waals surface area contributed by atoms with Gasteiger partial charge in [-0.25, -0.2) is 23.5 Å². The van der Waals surface area contributed by atoms with Crippen LogP contribution in [0.15, 0.2) is 30.6 Å². The lowest BCUT2D eigenvalue weighted by atomic mass is 9.90. The minimum atomic E-state index is -2.98. The van der Waals surface area contributed by atoms with Gasteiger partial charge in [0.2, 0.25) is 17.7 Å². The SMILES string of the molecule is C[C@@H]1N(c2cc(C#CC3CC3)cnc2O[C@H]2C[C@@H](C(=O)O)N(c3nc(-c4ccc[nH]4)nc(C(F)F)n3)C2)CCOC12COC2. The van der Waals surface area contributed by atoms with E-state index in [1.807, 2.05) is 6.07 Å². The molecule has 4 fully saturated rings. The molecule has 1 spiro atoms. The summed E-state index contributed by atoms with van der Waals surface area (Å²) in [6, 6.07) is 4.12. The number of aromatic amines is 1. The highest BCUT2D eigenvalue weighted by Crippen LogP contribution is 2.39. The number of aliphatic carboxylic acids is 1. The summed E-state index contributed by atoms with van der Waals surface area (Å²) in [6.45, 7) is 4.19. The van der Waals surface area contributed by atoms with E-state index < -0.39 is 36.0 Å². The third-order valence-corrected chi connectivity index (χ3v) is 8.54. The number of aromatic nitrogens is 5. The molecule has 1 saturated carbocycles. The fourth-order valence-corrected chi connectivity index (χ4v) is 5.81. The molecule has 0 bridgehead atoms. The van der Waals surface area contributed by atoms with Gasteiger partial charge in [-0.1, -0.05) is 11.8 Å². The summed E-state index contributed by atoms with van der Waals surface area (Å²) >= 11 is 0. The first-order valence-electron chi connectivity index (χ1n) is 14.6. The Morgan fingerprint density at radius 2 is 2.09 bits per heavy atom. The largest absolute Gasteiger partial charge is 0.480 e. The lowest BCUT2D eigenvalue weighted by molar-refractivity contribution is -0.228. The first-order chi connectivity index (χ1) is 21.3. The monoisotopic (exact) mass is 607 g/mol. The second-order valence-electron chi connectivity index (χ2n) is 11.6. The molecule has 0 radical (unpaired) electrons. The number of rotatable bonds is 7. The van der Waals surface area contributed by atoms with Crippen molar-refractivity contribution in [2.75, 3.05) is 42.7 Å². The molecule has 3 atom stereocenters. The van der Waals surface area contributed by atoms with Crippen molar-refractivity contribution >= 4 is 17.6 Å². The third-order valence-electron chi connectivity index (χ3n) is 8.54. The van der Waals surface area contributed by atoms with Crippen LogP contribution in [-0.4, -0.2) is 92.7 Å². The highest BCUT2D eigenvalue weighted by molar-refractivity contribution is 5.78. The lowest BCUT2D eigenvalue weighted by Gasteiger charge is -2.53. The minimum absolute atomic E-state index is 0.00846. The number of carbonyl (C=O) groups is 1. The van der Waals surface area contributed by atoms with E-state index in [1.165, 1.54) is 4.90 Å². The van der Waals surface area contributed by atoms with Crippen molar-refractivity contribution < 1.29 is 32.9 Å². The van der Waals surface area contributed by atoms with Crippen LogP contribution < -0.4 is 14.5 Å². The summed E-state index contributed by atoms with van der Waals surface area (Å²) in [5.74, 6) is 5.20. The Morgan fingerprint density at radius 3 is 2.77 bits per heavy atom. The van der Waals surface area contributed by atoms with Gasteiger partial charge >= 0.3 is 5.97 Å². The lowest BCUT2D eigenvalue weighted by Crippen LogP contribution is -2.68. The van der Waals surface area contributed by atoms with Crippen LogP contribution in [0.4, 0.5) is 20.4 Å². The number of hydrogen-bond acceptors (Lipinski definition) is 10. The maximum absolute atomic E-state index is 13.8. The van der Waals surface area contributed by atoms with Crippen molar-refractivity contribution in [1.82, 2.24) is 24.9 Å². The normalized spacial score (nSPS) is 24.2. The molecule has 7 rings (SSSR count). The van der Waals surface area contributed by atoms with Crippen molar-refractivity contribution in [3.05, 3.63) is 42.0 Å². The van der Waals surface area contributed by atoms with Crippen LogP contribution in [0.5, 0.6) is 5.88 Å². The average molecular weight is 608 g/mol. The van der Waals surface area contributed by atoms with Gasteiger partial charge in [-0.2, -0.15) is 9.97 Å². The quantitative estimate of drug-likeness (QED) is 0.383. The number of halogens is 2. The molecule has 3 aliphatic heterocycles. The van der Waals surface area contributed by atoms with Gasteiger partial charge in [0.1, 0.15) is 23.4 Å². The van der Waals surface area contributed by atoms with E-state index in [9.17, 15) is 18.7 Å². The summed E-state index contributed by atoms with van der Waals surface area (Å²) in [6.07, 6.45) is 1.92. The number of ether oxygens (including phenoxy) is 3. The Balaban J connectivity index is 1.20. The predicted octanol–water partition coefficient (Wildman–Crippen LogP) is 3.07. The second kappa shape index (κ2) is 11.3. The van der Waals surface area contributed by atoms with E-state index in [1.54, 1.807) is 24.5 Å². The highest BCUT2D eigenvalue weighted by atomic mass is 19.3. The molecule has 3 saturated heterocycles. The number of nitrogens with one attached hydrogen (secondary N) is 1. The molecule has 1 aliphatic carbocycles. The van der Waals surface area contributed by atoms with E-state index in [2.05, 4.69) is 48.6 Å². The smallest absolute Gasteiger partial charge is 0.326 e. The predicted molar refractivity (Wildman–Crippen MR) is 153 cm³/mol. The molecule has 2 N–H and O–H groups in total. The number of carboxylic acid groups (broad SMARTS) is 1. The van der Waals surface area contributed by atoms with Crippen LogP contribution in [0, 0.1) is 17.8 Å². The summed E-state index contributed by atoms with van der Waals surface area (Å²) in [7, 11) is 0. The van der Waals surface area contributed by atoms with Gasteiger partial charge in [0.15, 0.2) is 5.82 Å². The Morgan fingerprint density at radius 1 is 1.25 bits per heavy atom. The first-order valence-corrected chi connectivity index (χ1v) is 14.6. The third kappa shape index (κ3) is 5.41. The maximum Gasteiger partial charge on any atom is 0.326 e. The molecule has 4 aliphatic rings. The van der Waals surface area contributed by atoms with Crippen molar-refractivity contribution in [2.45, 2.75) is 56.4 Å². The van der Waals surface area contributed by atoms with E-state index in [-0.39, 0.29) is 30.8 Å². The van der Waals surface area contributed by atoms with Crippen LogP contribution >= 0.6 is 0 Å². The Kier molecular flexibility index (Phi) is 7.30. The van der Waals surface area contributed by atoms with Crippen molar-refractivity contribution in [2.24, 2.45) is 5.92 Å². The van der Waals surface area contributed by atoms with Crippen molar-refractivity contribution in [3.63, 3.8) is 0 Å². The number of alkyl halides is 2. The molecular weight excluding hydrogens is 576 g/mol. The molecule has 0 aromatic carbocycles. The summed E-state index contributed by atoms with van der Waals surface area (Å²) in [5, 5.41) is 10.1. The van der Waals surface area contributed by atoms with E-state index in [4.69, 9.17) is 14.2 Å². The zero-order valence-electron chi connectivity index (χ0n) is 23.9. The first kappa shape index (κ1) is 28.4. The second-order valence-corrected chi connectivity index (χ2v) is 11.6. The van der Waals surface area contributed by atoms with Crippen LogP contribution in [0.3, 0.4) is 0 Å². The van der Waals surface area contributed by atoms with Gasteiger partial charge in [0, 0.05) is 36.8 Å². The molecular formula is C30H31F2N7O5. The van der Waals surface area contributed by atoms with Crippen LogP contribution in [-0.2, 0) is 14.3 Å². The molecule has 14 heteroatoms. The van der Waals surface area contributed by atoms with Crippen molar-refractivity contribution in [1.29, 1.82) is 0 Å². The molecule has 3 aromatic heterocycles. The number of hydrogen-bond donors (Lipinski definition) is 2. The molecule has 12 nitrogen and oxygen atoms in total. The van der Waals surface area contributed by atoms with E-state index >= 15 is 0 Å². The highest BCUT2D eigenvalue weighted by Gasteiger charge is 2.50. The van der Waals surface area contributed by atoms with E-state index in [0.717, 1.165) is 24.1 Å².